The van der Waals surface area contributed by atoms with E-state index in [1.165, 1.54) is 0 Å². The molecule has 16 heavy (non-hydrogen) atoms. The number of ether oxygens (including phenoxy) is 1. The van der Waals surface area contributed by atoms with Crippen LogP contribution in [0.4, 0.5) is 0 Å². The summed E-state index contributed by atoms with van der Waals surface area (Å²) in [5, 5.41) is 2.61. The Kier molecular flexibility index (Phi) is 4.94. The molecule has 0 spiro atoms. The minimum absolute atomic E-state index is 0.0675. The van der Waals surface area contributed by atoms with E-state index in [9.17, 15) is 4.79 Å². The standard InChI is InChI=1S/C13H15NO2/c1-3-9-14-13(15)10-11-5-7-12(8-6-11)16-4-2/h1,5-8H,4,9-10H2,2H3,(H,14,15). The van der Waals surface area contributed by atoms with Gasteiger partial charge in [-0.2, -0.15) is 0 Å². The molecule has 3 nitrogen and oxygen atoms in total. The van der Waals surface area contributed by atoms with Gasteiger partial charge < -0.3 is 10.1 Å². The lowest BCUT2D eigenvalue weighted by Gasteiger charge is -2.05. The zero-order valence-corrected chi connectivity index (χ0v) is 9.32. The zero-order valence-electron chi connectivity index (χ0n) is 9.32. The summed E-state index contributed by atoms with van der Waals surface area (Å²) in [4.78, 5) is 11.3. The molecule has 1 amide bonds. The highest BCUT2D eigenvalue weighted by Crippen LogP contribution is 2.12. The summed E-state index contributed by atoms with van der Waals surface area (Å²) in [6.07, 6.45) is 5.38. The van der Waals surface area contributed by atoms with Gasteiger partial charge in [-0.15, -0.1) is 6.42 Å². The second kappa shape index (κ2) is 6.52. The van der Waals surface area contributed by atoms with Gasteiger partial charge in [0.2, 0.25) is 5.91 Å². The number of hydrogen-bond donors (Lipinski definition) is 1. The number of nitrogens with one attached hydrogen (secondary N) is 1. The molecule has 0 heterocycles. The lowest BCUT2D eigenvalue weighted by atomic mass is 10.1. The Morgan fingerprint density at radius 2 is 2.12 bits per heavy atom. The van der Waals surface area contributed by atoms with Crippen molar-refractivity contribution in [1.82, 2.24) is 5.32 Å². The predicted octanol–water partition coefficient (Wildman–Crippen LogP) is 1.38. The number of hydrogen-bond acceptors (Lipinski definition) is 2. The highest BCUT2D eigenvalue weighted by atomic mass is 16.5. The molecule has 1 rings (SSSR count). The van der Waals surface area contributed by atoms with Gasteiger partial charge in [-0.25, -0.2) is 0 Å². The fourth-order valence-electron chi connectivity index (χ4n) is 1.27. The van der Waals surface area contributed by atoms with Gasteiger partial charge in [0.15, 0.2) is 0 Å². The lowest BCUT2D eigenvalue weighted by molar-refractivity contribution is -0.120. The van der Waals surface area contributed by atoms with Crippen molar-refractivity contribution in [2.24, 2.45) is 0 Å². The first-order valence-corrected chi connectivity index (χ1v) is 5.18. The maximum Gasteiger partial charge on any atom is 0.225 e. The molecule has 0 aliphatic rings. The van der Waals surface area contributed by atoms with E-state index in [-0.39, 0.29) is 12.5 Å². The van der Waals surface area contributed by atoms with E-state index in [0.29, 0.717) is 13.0 Å². The Labute approximate surface area is 95.8 Å². The Hall–Kier alpha value is -1.95. The quantitative estimate of drug-likeness (QED) is 0.757. The first-order chi connectivity index (χ1) is 7.76. The average Bonchev–Trinajstić information content (AvgIpc) is 2.29. The number of terminal acetylenes is 1. The summed E-state index contributed by atoms with van der Waals surface area (Å²) in [5.74, 6) is 3.11. The Bertz CT molecular complexity index is 376. The number of carbonyl (C=O) groups excluding carboxylic acids is 1. The van der Waals surface area contributed by atoms with E-state index in [4.69, 9.17) is 11.2 Å². The molecule has 0 aliphatic carbocycles. The predicted molar refractivity (Wildman–Crippen MR) is 63.2 cm³/mol. The number of rotatable bonds is 5. The maximum atomic E-state index is 11.3. The Balaban J connectivity index is 2.49. The average molecular weight is 217 g/mol. The first-order valence-electron chi connectivity index (χ1n) is 5.18. The molecule has 0 radical (unpaired) electrons. The monoisotopic (exact) mass is 217 g/mol. The normalized spacial score (nSPS) is 9.25. The Morgan fingerprint density at radius 1 is 1.44 bits per heavy atom. The van der Waals surface area contributed by atoms with Crippen molar-refractivity contribution in [3.63, 3.8) is 0 Å². The van der Waals surface area contributed by atoms with Gasteiger partial charge in [0, 0.05) is 0 Å². The van der Waals surface area contributed by atoms with Crippen LogP contribution in [-0.4, -0.2) is 19.1 Å². The fraction of sp³-hybridized carbons (Fsp3) is 0.308. The van der Waals surface area contributed by atoms with Crippen LogP contribution in [0.25, 0.3) is 0 Å². The summed E-state index contributed by atoms with van der Waals surface area (Å²) in [6, 6.07) is 7.46. The van der Waals surface area contributed by atoms with Crippen LogP contribution in [0.1, 0.15) is 12.5 Å². The Morgan fingerprint density at radius 3 is 2.69 bits per heavy atom. The van der Waals surface area contributed by atoms with Crippen LogP contribution in [0.3, 0.4) is 0 Å². The summed E-state index contributed by atoms with van der Waals surface area (Å²) in [5.41, 5.74) is 0.943. The topological polar surface area (TPSA) is 38.3 Å². The smallest absolute Gasteiger partial charge is 0.225 e. The van der Waals surface area contributed by atoms with Crippen molar-refractivity contribution in [3.05, 3.63) is 29.8 Å². The van der Waals surface area contributed by atoms with Crippen LogP contribution in [0, 0.1) is 12.3 Å². The largest absolute Gasteiger partial charge is 0.494 e. The number of amides is 1. The first kappa shape index (κ1) is 12.1. The minimum atomic E-state index is -0.0675. The van der Waals surface area contributed by atoms with Crippen molar-refractivity contribution >= 4 is 5.91 Å². The molecule has 1 aromatic carbocycles. The van der Waals surface area contributed by atoms with E-state index >= 15 is 0 Å². The molecular weight excluding hydrogens is 202 g/mol. The molecule has 0 unspecified atom stereocenters. The maximum absolute atomic E-state index is 11.3. The van der Waals surface area contributed by atoms with Gasteiger partial charge in [-0.05, 0) is 24.6 Å². The second-order valence-corrected chi connectivity index (χ2v) is 3.23. The van der Waals surface area contributed by atoms with E-state index in [1.54, 1.807) is 0 Å². The van der Waals surface area contributed by atoms with E-state index < -0.39 is 0 Å². The minimum Gasteiger partial charge on any atom is -0.494 e. The van der Waals surface area contributed by atoms with E-state index in [2.05, 4.69) is 11.2 Å². The van der Waals surface area contributed by atoms with Gasteiger partial charge in [-0.3, -0.25) is 4.79 Å². The van der Waals surface area contributed by atoms with Crippen LogP contribution in [0.2, 0.25) is 0 Å². The van der Waals surface area contributed by atoms with Gasteiger partial charge in [-0.1, -0.05) is 18.1 Å². The fourth-order valence-corrected chi connectivity index (χ4v) is 1.27. The summed E-state index contributed by atoms with van der Waals surface area (Å²) in [7, 11) is 0. The third-order valence-electron chi connectivity index (χ3n) is 1.99. The van der Waals surface area contributed by atoms with Crippen LogP contribution in [0.15, 0.2) is 24.3 Å². The number of carbonyl (C=O) groups is 1. The zero-order chi connectivity index (χ0) is 11.8. The van der Waals surface area contributed by atoms with Crippen LogP contribution < -0.4 is 10.1 Å². The molecule has 0 saturated heterocycles. The molecule has 0 bridgehead atoms. The highest BCUT2D eigenvalue weighted by molar-refractivity contribution is 5.78. The van der Waals surface area contributed by atoms with Gasteiger partial charge in [0.25, 0.3) is 0 Å². The van der Waals surface area contributed by atoms with Crippen LogP contribution in [-0.2, 0) is 11.2 Å². The van der Waals surface area contributed by atoms with Crippen LogP contribution in [0.5, 0.6) is 5.75 Å². The molecule has 0 saturated carbocycles. The molecule has 0 aliphatic heterocycles. The van der Waals surface area contributed by atoms with Crippen molar-refractivity contribution in [1.29, 1.82) is 0 Å². The molecule has 1 N–H and O–H groups in total. The molecular formula is C13H15NO2. The summed E-state index contributed by atoms with van der Waals surface area (Å²) < 4.78 is 5.30. The van der Waals surface area contributed by atoms with Crippen molar-refractivity contribution < 1.29 is 9.53 Å². The molecule has 0 atom stereocenters. The molecule has 84 valence electrons. The van der Waals surface area contributed by atoms with Crippen molar-refractivity contribution in [2.45, 2.75) is 13.3 Å². The second-order valence-electron chi connectivity index (χ2n) is 3.23. The van der Waals surface area contributed by atoms with Crippen LogP contribution >= 0.6 is 0 Å². The molecule has 1 aromatic rings. The number of benzene rings is 1. The highest BCUT2D eigenvalue weighted by Gasteiger charge is 2.02. The molecule has 0 aromatic heterocycles. The van der Waals surface area contributed by atoms with Gasteiger partial charge in [0.1, 0.15) is 5.75 Å². The van der Waals surface area contributed by atoms with Gasteiger partial charge in [0.05, 0.1) is 19.6 Å². The summed E-state index contributed by atoms with van der Waals surface area (Å²) >= 11 is 0. The molecule has 0 fully saturated rings. The van der Waals surface area contributed by atoms with Crippen molar-refractivity contribution in [3.8, 4) is 18.1 Å². The SMILES string of the molecule is C#CCNC(=O)Cc1ccc(OCC)cc1. The third-order valence-corrected chi connectivity index (χ3v) is 1.99. The van der Waals surface area contributed by atoms with E-state index in [0.717, 1.165) is 11.3 Å². The van der Waals surface area contributed by atoms with Crippen molar-refractivity contribution in [2.75, 3.05) is 13.2 Å². The third kappa shape index (κ3) is 4.05. The van der Waals surface area contributed by atoms with Gasteiger partial charge >= 0.3 is 0 Å². The van der Waals surface area contributed by atoms with E-state index in [1.807, 2.05) is 31.2 Å². The lowest BCUT2D eigenvalue weighted by Crippen LogP contribution is -2.25. The summed E-state index contributed by atoms with van der Waals surface area (Å²) in [6.45, 7) is 2.85. The molecule has 3 heteroatoms.